The van der Waals surface area contributed by atoms with Crippen LogP contribution in [0, 0.1) is 34.5 Å². The summed E-state index contributed by atoms with van der Waals surface area (Å²) in [6, 6.07) is 0. The molecule has 4 amide bonds. The van der Waals surface area contributed by atoms with Gasteiger partial charge in [-0.2, -0.15) is 0 Å². The highest BCUT2D eigenvalue weighted by Gasteiger charge is 2.60. The summed E-state index contributed by atoms with van der Waals surface area (Å²) in [7, 11) is 0. The number of carbonyl (C=O) groups excluding carboxylic acids is 7. The summed E-state index contributed by atoms with van der Waals surface area (Å²) < 4.78 is 0. The van der Waals surface area contributed by atoms with E-state index in [1.165, 1.54) is 5.57 Å². The number of hydroxylamine groups is 2. The quantitative estimate of drug-likeness (QED) is 0.0771. The van der Waals surface area contributed by atoms with Crippen LogP contribution in [0.3, 0.4) is 0 Å². The van der Waals surface area contributed by atoms with Crippen LogP contribution in [0.1, 0.15) is 168 Å². The van der Waals surface area contributed by atoms with E-state index in [2.05, 4.69) is 29.8 Å². The summed E-state index contributed by atoms with van der Waals surface area (Å²) in [5.74, 6) is 2.26. The minimum Gasteiger partial charge on any atom is -0.370 e. The van der Waals surface area contributed by atoms with Gasteiger partial charge < -0.3 is 25.9 Å². The summed E-state index contributed by atoms with van der Waals surface area (Å²) in [5, 5.41) is 19.2. The van der Waals surface area contributed by atoms with Crippen LogP contribution >= 0.6 is 11.8 Å². The molecule has 0 radical (unpaired) electrons. The van der Waals surface area contributed by atoms with E-state index < -0.39 is 18.1 Å². The lowest BCUT2D eigenvalue weighted by Gasteiger charge is -2.58. The smallest absolute Gasteiger partial charge is 0.332 e. The molecule has 4 N–H and O–H groups in total. The number of fused-ring (bicyclic) bond motifs is 5. The second-order valence-electron chi connectivity index (χ2n) is 18.6. The number of amides is 4. The molecule has 4 fully saturated rings. The molecule has 0 aromatic carbocycles. The summed E-state index contributed by atoms with van der Waals surface area (Å²) in [4.78, 5) is 92.1. The number of nitrogens with one attached hydrogen (secondary N) is 3. The van der Waals surface area contributed by atoms with E-state index >= 15 is 0 Å². The average molecular weight is 857 g/mol. The molecule has 0 aromatic rings. The van der Waals surface area contributed by atoms with Crippen LogP contribution in [-0.2, 0) is 38.4 Å². The fourth-order valence-corrected chi connectivity index (χ4v) is 12.6. The molecule has 5 unspecified atom stereocenters. The molecule has 1 heterocycles. The standard InChI is InChI=1S/C46H72N4O9S/c1-31(51)33-18-19-34-32-16-17-36-44(37(52)23-26-46(36,3)35(32)22-25-45(33,34)2)60-30-24-40(55)49-29-11-5-8-14-38(53)47-27-10-4-7-13-39(54)48-28-12-6-9-15-43(58)59-50-41(56)20-21-42(50)57/h32-35,41,56H,4-30H2,1-3H3,(H,47,53)(H,48,54)(H,49,55)/t32?,33?,34?,35?,41?,45-,46-/m1/s1. The van der Waals surface area contributed by atoms with E-state index in [0.717, 1.165) is 106 Å². The Morgan fingerprint density at radius 2 is 1.30 bits per heavy atom. The molecule has 0 aromatic heterocycles. The van der Waals surface area contributed by atoms with Crippen molar-refractivity contribution in [3.63, 3.8) is 0 Å². The van der Waals surface area contributed by atoms with E-state index in [0.29, 0.717) is 81.0 Å². The summed E-state index contributed by atoms with van der Waals surface area (Å²) >= 11 is 1.59. The zero-order valence-corrected chi connectivity index (χ0v) is 37.4. The van der Waals surface area contributed by atoms with Crippen molar-refractivity contribution in [2.24, 2.45) is 34.5 Å². The third-order valence-electron chi connectivity index (χ3n) is 14.7. The van der Waals surface area contributed by atoms with Crippen molar-refractivity contribution < 1.29 is 43.5 Å². The summed E-state index contributed by atoms with van der Waals surface area (Å²) in [6.07, 6.45) is 15.5. The molecule has 14 heteroatoms. The molecule has 5 rings (SSSR count). The number of aliphatic hydroxyl groups is 1. The molecular formula is C46H72N4O9S. The minimum atomic E-state index is -1.07. The SMILES string of the molecule is CC(=O)C1CCC2C3CCC4=C(SCCC(=O)NCCCCCC(=O)NCCCCCC(=O)NCCCCCC(=O)ON5C(=O)CCC5O)C(=O)CC[C@]4(C)C3CC[C@]12C. The van der Waals surface area contributed by atoms with Gasteiger partial charge in [0.15, 0.2) is 12.0 Å². The number of nitrogens with zero attached hydrogens (tertiary/aromatic N) is 1. The second-order valence-corrected chi connectivity index (χ2v) is 19.7. The zero-order valence-electron chi connectivity index (χ0n) is 36.5. The summed E-state index contributed by atoms with van der Waals surface area (Å²) in [5.41, 5.74) is 1.51. The normalized spacial score (nSPS) is 28.5. The first-order chi connectivity index (χ1) is 28.7. The van der Waals surface area contributed by atoms with Crippen LogP contribution in [-0.4, -0.2) is 82.9 Å². The highest BCUT2D eigenvalue weighted by atomic mass is 32.2. The number of ketones is 2. The largest absolute Gasteiger partial charge is 0.370 e. The fourth-order valence-electron chi connectivity index (χ4n) is 11.4. The lowest BCUT2D eigenvalue weighted by Crippen LogP contribution is -2.51. The molecule has 5 aliphatic rings. The Morgan fingerprint density at radius 3 is 1.88 bits per heavy atom. The van der Waals surface area contributed by atoms with Crippen molar-refractivity contribution in [2.75, 3.05) is 25.4 Å². The third-order valence-corrected chi connectivity index (χ3v) is 15.8. The highest BCUT2D eigenvalue weighted by Crippen LogP contribution is 2.67. The highest BCUT2D eigenvalue weighted by molar-refractivity contribution is 8.04. The Bertz CT molecular complexity index is 1600. The number of hydrogen-bond donors (Lipinski definition) is 4. The van der Waals surface area contributed by atoms with Crippen molar-refractivity contribution >= 4 is 52.9 Å². The van der Waals surface area contributed by atoms with Crippen molar-refractivity contribution in [3.05, 3.63) is 10.5 Å². The predicted molar refractivity (Wildman–Crippen MR) is 230 cm³/mol. The number of rotatable bonds is 24. The fraction of sp³-hybridized carbons (Fsp3) is 0.804. The Labute approximate surface area is 361 Å². The molecule has 336 valence electrons. The van der Waals surface area contributed by atoms with Crippen LogP contribution in [0.4, 0.5) is 0 Å². The second kappa shape index (κ2) is 22.7. The lowest BCUT2D eigenvalue weighted by atomic mass is 9.46. The van der Waals surface area contributed by atoms with Gasteiger partial charge in [-0.15, -0.1) is 16.8 Å². The van der Waals surface area contributed by atoms with Gasteiger partial charge in [-0.1, -0.05) is 33.1 Å². The van der Waals surface area contributed by atoms with Gasteiger partial charge >= 0.3 is 5.97 Å². The van der Waals surface area contributed by atoms with Gasteiger partial charge in [0.05, 0.1) is 4.91 Å². The van der Waals surface area contributed by atoms with Gasteiger partial charge in [-0.25, -0.2) is 4.79 Å². The minimum absolute atomic E-state index is 0.000923. The maximum Gasteiger partial charge on any atom is 0.332 e. The predicted octanol–water partition coefficient (Wildman–Crippen LogP) is 6.60. The molecule has 13 nitrogen and oxygen atoms in total. The van der Waals surface area contributed by atoms with Gasteiger partial charge in [0.1, 0.15) is 5.78 Å². The molecule has 4 aliphatic carbocycles. The molecule has 1 aliphatic heterocycles. The first kappa shape index (κ1) is 47.8. The monoisotopic (exact) mass is 857 g/mol. The maximum absolute atomic E-state index is 13.2. The van der Waals surface area contributed by atoms with Gasteiger partial charge in [-0.05, 0) is 125 Å². The van der Waals surface area contributed by atoms with Crippen molar-refractivity contribution in [1.29, 1.82) is 0 Å². The number of aliphatic hydroxyl groups excluding tert-OH is 1. The number of carbonyl (C=O) groups is 7. The van der Waals surface area contributed by atoms with E-state index in [-0.39, 0.29) is 59.5 Å². The summed E-state index contributed by atoms with van der Waals surface area (Å²) in [6.45, 7) is 8.24. The van der Waals surface area contributed by atoms with Gasteiger partial charge in [0.25, 0.3) is 5.91 Å². The molecular weight excluding hydrogens is 785 g/mol. The van der Waals surface area contributed by atoms with E-state index in [9.17, 15) is 38.7 Å². The van der Waals surface area contributed by atoms with Crippen LogP contribution < -0.4 is 16.0 Å². The van der Waals surface area contributed by atoms with Gasteiger partial charge in [0, 0.05) is 76.3 Å². The molecule has 0 bridgehead atoms. The maximum atomic E-state index is 13.2. The van der Waals surface area contributed by atoms with Crippen molar-refractivity contribution in [2.45, 2.75) is 175 Å². The first-order valence-corrected chi connectivity index (χ1v) is 24.1. The van der Waals surface area contributed by atoms with Crippen LogP contribution in [0.5, 0.6) is 0 Å². The molecule has 0 spiro atoms. The van der Waals surface area contributed by atoms with Crippen LogP contribution in [0.2, 0.25) is 0 Å². The van der Waals surface area contributed by atoms with Crippen molar-refractivity contribution in [3.8, 4) is 0 Å². The average Bonchev–Trinajstić information content (AvgIpc) is 3.73. The van der Waals surface area contributed by atoms with E-state index in [1.807, 2.05) is 0 Å². The third kappa shape index (κ3) is 12.4. The van der Waals surface area contributed by atoms with Gasteiger partial charge in [-0.3, -0.25) is 28.8 Å². The first-order valence-electron chi connectivity index (χ1n) is 23.2. The number of hydrogen-bond acceptors (Lipinski definition) is 10. The topological polar surface area (TPSA) is 188 Å². The Morgan fingerprint density at radius 1 is 0.700 bits per heavy atom. The number of thioether (sulfide) groups is 1. The zero-order chi connectivity index (χ0) is 43.3. The van der Waals surface area contributed by atoms with Crippen LogP contribution in [0.15, 0.2) is 10.5 Å². The Kier molecular flexibility index (Phi) is 18.1. The number of allylic oxidation sites excluding steroid dienone is 1. The van der Waals surface area contributed by atoms with E-state index in [4.69, 9.17) is 4.84 Å². The van der Waals surface area contributed by atoms with Gasteiger partial charge in [0.2, 0.25) is 17.7 Å². The molecule has 3 saturated carbocycles. The molecule has 7 atom stereocenters. The Balaban J connectivity index is 0.841. The lowest BCUT2D eigenvalue weighted by molar-refractivity contribution is -0.220. The molecule has 1 saturated heterocycles. The van der Waals surface area contributed by atoms with E-state index in [1.54, 1.807) is 18.7 Å². The number of Topliss-reactive ketones (excluding diaryl/α,β-unsaturated/α-hetero) is 2. The van der Waals surface area contributed by atoms with Crippen molar-refractivity contribution in [1.82, 2.24) is 21.0 Å². The number of unbranched alkanes of at least 4 members (excludes halogenated alkanes) is 6. The molecule has 60 heavy (non-hydrogen) atoms. The Hall–Kier alpha value is -3.26. The van der Waals surface area contributed by atoms with Crippen LogP contribution in [0.25, 0.3) is 0 Å².